The number of halogens is 3. The van der Waals surface area contributed by atoms with Gasteiger partial charge in [-0.1, -0.05) is 0 Å². The van der Waals surface area contributed by atoms with E-state index in [0.717, 1.165) is 6.07 Å². The number of phenolic OH excluding ortho intramolecular Hbond substituents is 1. The second-order valence-electron chi connectivity index (χ2n) is 4.48. The van der Waals surface area contributed by atoms with Gasteiger partial charge in [-0.2, -0.15) is 0 Å². The molecule has 0 fully saturated rings. The Bertz CT molecular complexity index is 676. The number of benzene rings is 2. The van der Waals surface area contributed by atoms with E-state index in [4.69, 9.17) is 4.74 Å². The molecule has 104 valence electrons. The fraction of sp³-hybridized carbons (Fsp3) is 0.143. The molecule has 1 aliphatic heterocycles. The number of phenols is 1. The minimum absolute atomic E-state index is 0.0587. The molecule has 2 aromatic rings. The Hall–Kier alpha value is -2.37. The number of aromatic hydroxyl groups is 1. The van der Waals surface area contributed by atoms with Crippen LogP contribution in [0.15, 0.2) is 30.3 Å². The maximum Gasteiger partial charge on any atom is 0.161 e. The van der Waals surface area contributed by atoms with Crippen molar-refractivity contribution in [3.63, 3.8) is 0 Å². The van der Waals surface area contributed by atoms with Gasteiger partial charge in [0.25, 0.3) is 0 Å². The number of rotatable bonds is 2. The summed E-state index contributed by atoms with van der Waals surface area (Å²) in [6.07, 6.45) is 0. The molecule has 1 atom stereocenters. The molecule has 0 bridgehead atoms. The van der Waals surface area contributed by atoms with E-state index in [0.29, 0.717) is 17.4 Å². The van der Waals surface area contributed by atoms with Crippen LogP contribution in [0.2, 0.25) is 0 Å². The third kappa shape index (κ3) is 2.13. The molecular formula is C14H10F3NO2. The van der Waals surface area contributed by atoms with E-state index >= 15 is 0 Å². The zero-order valence-corrected chi connectivity index (χ0v) is 10.2. The number of hydrogen-bond donors (Lipinski definition) is 2. The molecule has 6 heteroatoms. The summed E-state index contributed by atoms with van der Waals surface area (Å²) in [5.74, 6) is -2.70. The van der Waals surface area contributed by atoms with E-state index in [1.165, 1.54) is 12.1 Å². The number of hydrogen-bond acceptors (Lipinski definition) is 3. The van der Waals surface area contributed by atoms with Crippen LogP contribution < -0.4 is 10.1 Å². The van der Waals surface area contributed by atoms with E-state index in [1.807, 2.05) is 0 Å². The van der Waals surface area contributed by atoms with E-state index < -0.39 is 23.5 Å². The van der Waals surface area contributed by atoms with Gasteiger partial charge in [-0.25, -0.2) is 13.2 Å². The Balaban J connectivity index is 1.89. The first-order valence-electron chi connectivity index (χ1n) is 5.91. The summed E-state index contributed by atoms with van der Waals surface area (Å²) in [6.45, 7) is 0.206. The fourth-order valence-corrected chi connectivity index (χ4v) is 2.14. The molecule has 2 N–H and O–H groups in total. The Labute approximate surface area is 112 Å². The molecule has 0 radical (unpaired) electrons. The standard InChI is InChI=1S/C14H10F3NO2/c15-9-4-11(17)12(5-10(9)16)18-13-6-20-14-3-7(19)1-2-8(13)14/h1-5,13,18-19H,6H2. The minimum atomic E-state index is -1.24. The summed E-state index contributed by atoms with van der Waals surface area (Å²) < 4.78 is 44.9. The number of nitrogens with one attached hydrogen (secondary N) is 1. The zero-order chi connectivity index (χ0) is 14.3. The van der Waals surface area contributed by atoms with E-state index in [2.05, 4.69) is 5.32 Å². The molecule has 0 saturated carbocycles. The third-order valence-corrected chi connectivity index (χ3v) is 3.12. The van der Waals surface area contributed by atoms with Gasteiger partial charge < -0.3 is 15.2 Å². The van der Waals surface area contributed by atoms with Crippen LogP contribution in [0, 0.1) is 17.5 Å². The summed E-state index contributed by atoms with van der Waals surface area (Å²) in [5, 5.41) is 12.1. The quantitative estimate of drug-likeness (QED) is 0.829. The van der Waals surface area contributed by atoms with E-state index in [-0.39, 0.29) is 18.0 Å². The van der Waals surface area contributed by atoms with Gasteiger partial charge in [0, 0.05) is 23.8 Å². The van der Waals surface area contributed by atoms with E-state index in [9.17, 15) is 18.3 Å². The summed E-state index contributed by atoms with van der Waals surface area (Å²) in [6, 6.07) is 5.41. The van der Waals surface area contributed by atoms with Gasteiger partial charge in [-0.05, 0) is 12.1 Å². The van der Waals surface area contributed by atoms with Crippen molar-refractivity contribution in [2.24, 2.45) is 0 Å². The summed E-state index contributed by atoms with van der Waals surface area (Å²) >= 11 is 0. The number of anilines is 1. The molecule has 3 rings (SSSR count). The summed E-state index contributed by atoms with van der Waals surface area (Å²) in [7, 11) is 0. The maximum absolute atomic E-state index is 13.6. The lowest BCUT2D eigenvalue weighted by molar-refractivity contribution is 0.338. The molecule has 3 nitrogen and oxygen atoms in total. The van der Waals surface area contributed by atoms with Gasteiger partial charge in [0.05, 0.1) is 11.7 Å². The van der Waals surface area contributed by atoms with Gasteiger partial charge in [0.15, 0.2) is 11.6 Å². The van der Waals surface area contributed by atoms with Crippen molar-refractivity contribution in [2.75, 3.05) is 11.9 Å². The molecule has 2 aromatic carbocycles. The zero-order valence-electron chi connectivity index (χ0n) is 10.2. The van der Waals surface area contributed by atoms with Gasteiger partial charge in [0.1, 0.15) is 23.9 Å². The average Bonchev–Trinajstić information content (AvgIpc) is 2.78. The van der Waals surface area contributed by atoms with Crippen LogP contribution in [-0.4, -0.2) is 11.7 Å². The van der Waals surface area contributed by atoms with Crippen LogP contribution in [0.1, 0.15) is 11.6 Å². The lowest BCUT2D eigenvalue weighted by Crippen LogP contribution is -2.13. The van der Waals surface area contributed by atoms with Crippen LogP contribution >= 0.6 is 0 Å². The monoisotopic (exact) mass is 281 g/mol. The predicted molar refractivity (Wildman–Crippen MR) is 66.3 cm³/mol. The Morgan fingerprint density at radius 3 is 2.60 bits per heavy atom. The maximum atomic E-state index is 13.6. The predicted octanol–water partition coefficient (Wildman–Crippen LogP) is 3.36. The van der Waals surface area contributed by atoms with Crippen molar-refractivity contribution in [3.8, 4) is 11.5 Å². The molecule has 0 saturated heterocycles. The lowest BCUT2D eigenvalue weighted by Gasteiger charge is -2.14. The van der Waals surface area contributed by atoms with Crippen LogP contribution in [-0.2, 0) is 0 Å². The molecule has 1 aliphatic rings. The molecular weight excluding hydrogens is 271 g/mol. The first-order chi connectivity index (χ1) is 9.54. The third-order valence-electron chi connectivity index (χ3n) is 3.12. The first kappa shape index (κ1) is 12.7. The van der Waals surface area contributed by atoms with Crippen molar-refractivity contribution >= 4 is 5.69 Å². The normalized spacial score (nSPS) is 16.6. The van der Waals surface area contributed by atoms with Gasteiger partial charge in [-0.3, -0.25) is 0 Å². The first-order valence-corrected chi connectivity index (χ1v) is 5.91. The average molecular weight is 281 g/mol. The van der Waals surface area contributed by atoms with Crippen LogP contribution in [0.3, 0.4) is 0 Å². The van der Waals surface area contributed by atoms with Crippen LogP contribution in [0.4, 0.5) is 18.9 Å². The lowest BCUT2D eigenvalue weighted by atomic mass is 10.1. The molecule has 20 heavy (non-hydrogen) atoms. The molecule has 0 spiro atoms. The molecule has 1 heterocycles. The van der Waals surface area contributed by atoms with Crippen molar-refractivity contribution in [1.82, 2.24) is 0 Å². The fourth-order valence-electron chi connectivity index (χ4n) is 2.14. The summed E-state index contributed by atoms with van der Waals surface area (Å²) in [4.78, 5) is 0. The summed E-state index contributed by atoms with van der Waals surface area (Å²) in [5.41, 5.74) is 0.574. The smallest absolute Gasteiger partial charge is 0.161 e. The Morgan fingerprint density at radius 2 is 1.80 bits per heavy atom. The molecule has 0 aromatic heterocycles. The van der Waals surface area contributed by atoms with Crippen molar-refractivity contribution in [1.29, 1.82) is 0 Å². The van der Waals surface area contributed by atoms with Crippen LogP contribution in [0.25, 0.3) is 0 Å². The van der Waals surface area contributed by atoms with Crippen molar-refractivity contribution in [3.05, 3.63) is 53.3 Å². The largest absolute Gasteiger partial charge is 0.508 e. The van der Waals surface area contributed by atoms with Crippen LogP contribution in [0.5, 0.6) is 11.5 Å². The molecule has 0 aliphatic carbocycles. The highest BCUT2D eigenvalue weighted by atomic mass is 19.2. The highest BCUT2D eigenvalue weighted by molar-refractivity contribution is 5.52. The Morgan fingerprint density at radius 1 is 1.05 bits per heavy atom. The van der Waals surface area contributed by atoms with E-state index in [1.54, 1.807) is 6.07 Å². The SMILES string of the molecule is Oc1ccc2c(c1)OCC2Nc1cc(F)c(F)cc1F. The highest BCUT2D eigenvalue weighted by Gasteiger charge is 2.25. The second-order valence-corrected chi connectivity index (χ2v) is 4.48. The molecule has 1 unspecified atom stereocenters. The topological polar surface area (TPSA) is 41.5 Å². The highest BCUT2D eigenvalue weighted by Crippen LogP contribution is 2.37. The Kier molecular flexibility index (Phi) is 2.93. The van der Waals surface area contributed by atoms with Gasteiger partial charge in [0.2, 0.25) is 0 Å². The minimum Gasteiger partial charge on any atom is -0.508 e. The molecule has 0 amide bonds. The van der Waals surface area contributed by atoms with Crippen molar-refractivity contribution in [2.45, 2.75) is 6.04 Å². The van der Waals surface area contributed by atoms with Gasteiger partial charge >= 0.3 is 0 Å². The van der Waals surface area contributed by atoms with Crippen molar-refractivity contribution < 1.29 is 23.0 Å². The second kappa shape index (κ2) is 4.63. The number of ether oxygens (including phenoxy) is 1. The number of fused-ring (bicyclic) bond motifs is 1. The van der Waals surface area contributed by atoms with Gasteiger partial charge in [-0.15, -0.1) is 0 Å².